The molecule has 0 saturated carbocycles. The second-order valence-electron chi connectivity index (χ2n) is 5.13. The Bertz CT molecular complexity index is 473. The zero-order valence-electron chi connectivity index (χ0n) is 11.5. The fourth-order valence-electron chi connectivity index (χ4n) is 2.41. The van der Waals surface area contributed by atoms with Gasteiger partial charge in [0.05, 0.1) is 16.0 Å². The van der Waals surface area contributed by atoms with Crippen LogP contribution in [0.1, 0.15) is 31.2 Å². The molecular formula is C15H19Cl2NO2. The number of hydrogen-bond donors (Lipinski definition) is 1. The van der Waals surface area contributed by atoms with Crippen LogP contribution in [0.3, 0.4) is 0 Å². The highest BCUT2D eigenvalue weighted by atomic mass is 35.5. The highest BCUT2D eigenvalue weighted by molar-refractivity contribution is 6.42. The molecule has 0 aliphatic carbocycles. The third-order valence-electron chi connectivity index (χ3n) is 3.67. The number of carbonyl (C=O) groups is 1. The molecule has 110 valence electrons. The molecule has 1 fully saturated rings. The van der Waals surface area contributed by atoms with Gasteiger partial charge in [-0.3, -0.25) is 4.79 Å². The highest BCUT2D eigenvalue weighted by Gasteiger charge is 2.20. The number of nitrogens with one attached hydrogen (secondary N) is 1. The van der Waals surface area contributed by atoms with Gasteiger partial charge in [-0.15, -0.1) is 0 Å². The van der Waals surface area contributed by atoms with E-state index in [1.807, 2.05) is 6.07 Å². The van der Waals surface area contributed by atoms with Gasteiger partial charge in [0.1, 0.15) is 5.78 Å². The molecule has 5 heteroatoms. The Morgan fingerprint density at radius 2 is 2.05 bits per heavy atom. The Labute approximate surface area is 129 Å². The van der Waals surface area contributed by atoms with Gasteiger partial charge in [-0.05, 0) is 37.5 Å². The van der Waals surface area contributed by atoms with Gasteiger partial charge >= 0.3 is 0 Å². The first-order valence-electron chi connectivity index (χ1n) is 6.84. The number of hydrogen-bond acceptors (Lipinski definition) is 3. The second-order valence-corrected chi connectivity index (χ2v) is 5.95. The maximum Gasteiger partial charge on any atom is 0.138 e. The van der Waals surface area contributed by atoms with E-state index >= 15 is 0 Å². The van der Waals surface area contributed by atoms with E-state index in [1.54, 1.807) is 19.1 Å². The molecule has 20 heavy (non-hydrogen) atoms. The molecule has 0 amide bonds. The fraction of sp³-hybridized carbons (Fsp3) is 0.533. The van der Waals surface area contributed by atoms with Crippen LogP contribution < -0.4 is 5.32 Å². The number of benzene rings is 1. The molecule has 1 unspecified atom stereocenters. The first-order chi connectivity index (χ1) is 9.58. The molecule has 0 spiro atoms. The Balaban J connectivity index is 2.02. The van der Waals surface area contributed by atoms with Crippen LogP contribution in [0.15, 0.2) is 18.2 Å². The third-order valence-corrected chi connectivity index (χ3v) is 4.41. The number of rotatable bonds is 5. The summed E-state index contributed by atoms with van der Waals surface area (Å²) in [5.41, 5.74) is 0.909. The van der Waals surface area contributed by atoms with Crippen LogP contribution in [0.5, 0.6) is 0 Å². The van der Waals surface area contributed by atoms with Gasteiger partial charge in [-0.1, -0.05) is 29.3 Å². The lowest BCUT2D eigenvalue weighted by Gasteiger charge is -2.25. The monoisotopic (exact) mass is 315 g/mol. The van der Waals surface area contributed by atoms with Crippen LogP contribution in [-0.2, 0) is 9.53 Å². The summed E-state index contributed by atoms with van der Waals surface area (Å²) >= 11 is 11.9. The van der Waals surface area contributed by atoms with Crippen molar-refractivity contribution in [3.8, 4) is 0 Å². The minimum Gasteiger partial charge on any atom is -0.381 e. The summed E-state index contributed by atoms with van der Waals surface area (Å²) in [6, 6.07) is 5.81. The molecule has 0 bridgehead atoms. The van der Waals surface area contributed by atoms with E-state index in [9.17, 15) is 4.79 Å². The summed E-state index contributed by atoms with van der Waals surface area (Å²) in [5.74, 6) is -0.0597. The number of ketones is 1. The fourth-order valence-corrected chi connectivity index (χ4v) is 2.72. The lowest BCUT2D eigenvalue weighted by Crippen LogP contribution is -2.38. The minimum absolute atomic E-state index is 0.128. The Morgan fingerprint density at radius 1 is 1.35 bits per heavy atom. The molecule has 1 aromatic rings. The van der Waals surface area contributed by atoms with Gasteiger partial charge in [0.15, 0.2) is 0 Å². The molecule has 2 rings (SSSR count). The van der Waals surface area contributed by atoms with E-state index in [-0.39, 0.29) is 11.7 Å². The van der Waals surface area contributed by atoms with Gasteiger partial charge in [0.2, 0.25) is 0 Å². The third kappa shape index (κ3) is 4.19. The van der Waals surface area contributed by atoms with Crippen LogP contribution in [0, 0.1) is 0 Å². The molecule has 3 nitrogen and oxygen atoms in total. The number of ether oxygens (including phenoxy) is 1. The summed E-state index contributed by atoms with van der Waals surface area (Å²) in [4.78, 5) is 11.9. The summed E-state index contributed by atoms with van der Waals surface area (Å²) in [6.45, 7) is 3.81. The molecule has 1 saturated heterocycles. The molecule has 1 aromatic carbocycles. The smallest absolute Gasteiger partial charge is 0.138 e. The van der Waals surface area contributed by atoms with Crippen LogP contribution >= 0.6 is 23.2 Å². The van der Waals surface area contributed by atoms with Crippen molar-refractivity contribution in [2.75, 3.05) is 19.8 Å². The van der Waals surface area contributed by atoms with Crippen LogP contribution in [0.2, 0.25) is 10.0 Å². The minimum atomic E-state index is -0.187. The van der Waals surface area contributed by atoms with Crippen LogP contribution in [0.4, 0.5) is 0 Å². The van der Waals surface area contributed by atoms with Gasteiger partial charge in [-0.2, -0.15) is 0 Å². The number of halogens is 2. The predicted octanol–water partition coefficient (Wildman–Crippen LogP) is 3.43. The summed E-state index contributed by atoms with van der Waals surface area (Å²) in [6.07, 6.45) is 1.98. The van der Waals surface area contributed by atoms with Crippen molar-refractivity contribution in [1.29, 1.82) is 0 Å². The Kier molecular flexibility index (Phi) is 5.85. The lowest BCUT2D eigenvalue weighted by molar-refractivity contribution is -0.118. The van der Waals surface area contributed by atoms with Gasteiger partial charge < -0.3 is 10.1 Å². The van der Waals surface area contributed by atoms with E-state index in [2.05, 4.69) is 5.32 Å². The van der Waals surface area contributed by atoms with Crippen molar-refractivity contribution in [3.63, 3.8) is 0 Å². The van der Waals surface area contributed by atoms with E-state index in [0.29, 0.717) is 22.6 Å². The SMILES string of the molecule is CC(=O)C(CNC1CCOCC1)c1ccc(Cl)c(Cl)c1. The van der Waals surface area contributed by atoms with E-state index in [0.717, 1.165) is 31.6 Å². The molecule has 1 aliphatic heterocycles. The van der Waals surface area contributed by atoms with Gasteiger partial charge in [0.25, 0.3) is 0 Å². The maximum absolute atomic E-state index is 11.9. The lowest BCUT2D eigenvalue weighted by atomic mass is 9.94. The normalized spacial score (nSPS) is 17.9. The number of carbonyl (C=O) groups excluding carboxylic acids is 1. The largest absolute Gasteiger partial charge is 0.381 e. The van der Waals surface area contributed by atoms with Crippen molar-refractivity contribution < 1.29 is 9.53 Å². The topological polar surface area (TPSA) is 38.3 Å². The average Bonchev–Trinajstić information content (AvgIpc) is 2.43. The van der Waals surface area contributed by atoms with Crippen molar-refractivity contribution >= 4 is 29.0 Å². The molecule has 0 aromatic heterocycles. The zero-order valence-corrected chi connectivity index (χ0v) is 13.0. The maximum atomic E-state index is 11.9. The van der Waals surface area contributed by atoms with Crippen molar-refractivity contribution in [2.45, 2.75) is 31.7 Å². The average molecular weight is 316 g/mol. The molecule has 0 radical (unpaired) electrons. The number of Topliss-reactive ketones (excluding diaryl/α,β-unsaturated/α-hetero) is 1. The first kappa shape index (κ1) is 15.8. The van der Waals surface area contributed by atoms with Crippen LogP contribution in [-0.4, -0.2) is 31.6 Å². The summed E-state index contributed by atoms with van der Waals surface area (Å²) in [5, 5.41) is 4.46. The van der Waals surface area contributed by atoms with Crippen molar-refractivity contribution in [3.05, 3.63) is 33.8 Å². The molecule has 1 N–H and O–H groups in total. The second kappa shape index (κ2) is 7.41. The van der Waals surface area contributed by atoms with Crippen molar-refractivity contribution in [2.24, 2.45) is 0 Å². The quantitative estimate of drug-likeness (QED) is 0.904. The van der Waals surface area contributed by atoms with E-state index in [1.165, 1.54) is 0 Å². The summed E-state index contributed by atoms with van der Waals surface area (Å²) in [7, 11) is 0. The Hall–Kier alpha value is -0.610. The van der Waals surface area contributed by atoms with E-state index in [4.69, 9.17) is 27.9 Å². The van der Waals surface area contributed by atoms with Crippen molar-refractivity contribution in [1.82, 2.24) is 5.32 Å². The first-order valence-corrected chi connectivity index (χ1v) is 7.60. The predicted molar refractivity (Wildman–Crippen MR) is 81.7 cm³/mol. The molecule has 1 heterocycles. The highest BCUT2D eigenvalue weighted by Crippen LogP contribution is 2.27. The van der Waals surface area contributed by atoms with Crippen LogP contribution in [0.25, 0.3) is 0 Å². The van der Waals surface area contributed by atoms with E-state index < -0.39 is 0 Å². The van der Waals surface area contributed by atoms with Gasteiger partial charge in [0, 0.05) is 25.8 Å². The van der Waals surface area contributed by atoms with Gasteiger partial charge in [-0.25, -0.2) is 0 Å². The summed E-state index contributed by atoms with van der Waals surface area (Å²) < 4.78 is 5.33. The molecular weight excluding hydrogens is 297 g/mol. The Morgan fingerprint density at radius 3 is 2.65 bits per heavy atom. The standard InChI is InChI=1S/C15H19Cl2NO2/c1-10(19)13(9-18-12-4-6-20-7-5-12)11-2-3-14(16)15(17)8-11/h2-3,8,12-13,18H,4-7,9H2,1H3. The molecule has 1 atom stereocenters. The molecule has 1 aliphatic rings. The zero-order chi connectivity index (χ0) is 14.5.